The third kappa shape index (κ3) is 4.36. The maximum absolute atomic E-state index is 12.4. The van der Waals surface area contributed by atoms with Crippen molar-refractivity contribution in [1.82, 2.24) is 9.88 Å². The number of nitrogens with zero attached hydrogens (tertiary/aromatic N) is 2. The number of hydrogen-bond acceptors (Lipinski definition) is 7. The molecule has 0 bridgehead atoms. The van der Waals surface area contributed by atoms with Crippen LogP contribution in [0.5, 0.6) is 11.6 Å². The van der Waals surface area contributed by atoms with Crippen LogP contribution in [0.1, 0.15) is 32.4 Å². The summed E-state index contributed by atoms with van der Waals surface area (Å²) in [6.07, 6.45) is -0.464. The van der Waals surface area contributed by atoms with Crippen molar-refractivity contribution in [1.29, 1.82) is 0 Å². The maximum Gasteiger partial charge on any atom is 0.410 e. The Labute approximate surface area is 153 Å². The molecule has 0 aromatic carbocycles. The highest BCUT2D eigenvalue weighted by atomic mass is 16.6. The number of ether oxygens (including phenoxy) is 4. The van der Waals surface area contributed by atoms with Gasteiger partial charge in [0, 0.05) is 19.0 Å². The lowest BCUT2D eigenvalue weighted by Crippen LogP contribution is -2.36. The highest BCUT2D eigenvalue weighted by Gasteiger charge is 2.43. The number of methoxy groups -OCH3 is 3. The van der Waals surface area contributed by atoms with E-state index in [2.05, 4.69) is 4.98 Å². The molecule has 8 nitrogen and oxygen atoms in total. The second-order valence-electron chi connectivity index (χ2n) is 7.07. The Morgan fingerprint density at radius 2 is 1.81 bits per heavy atom. The summed E-state index contributed by atoms with van der Waals surface area (Å²) in [6.45, 7) is 5.91. The summed E-state index contributed by atoms with van der Waals surface area (Å²) in [7, 11) is 4.35. The van der Waals surface area contributed by atoms with Crippen molar-refractivity contribution in [3.05, 3.63) is 17.8 Å². The topological polar surface area (TPSA) is 87.2 Å². The Kier molecular flexibility index (Phi) is 5.94. The van der Waals surface area contributed by atoms with Crippen LogP contribution in [0.25, 0.3) is 0 Å². The predicted molar refractivity (Wildman–Crippen MR) is 93.4 cm³/mol. The van der Waals surface area contributed by atoms with Gasteiger partial charge in [0.15, 0.2) is 5.75 Å². The second kappa shape index (κ2) is 7.80. The van der Waals surface area contributed by atoms with E-state index in [1.54, 1.807) is 32.9 Å². The summed E-state index contributed by atoms with van der Waals surface area (Å²) in [4.78, 5) is 30.6. The van der Waals surface area contributed by atoms with Gasteiger partial charge < -0.3 is 23.8 Å². The lowest BCUT2D eigenvalue weighted by atomic mass is 9.92. The first kappa shape index (κ1) is 19.8. The number of pyridine rings is 1. The van der Waals surface area contributed by atoms with Gasteiger partial charge >= 0.3 is 12.1 Å². The number of aromatic nitrogens is 1. The van der Waals surface area contributed by atoms with Crippen LogP contribution in [-0.4, -0.2) is 62.0 Å². The SMILES string of the molecule is COC(=O)[C@@H]1CN(C(=O)OC(C)(C)C)C[C@H]1c1ccc(OC)c(OC)n1. The molecule has 2 atom stereocenters. The van der Waals surface area contributed by atoms with Gasteiger partial charge in [-0.25, -0.2) is 9.78 Å². The van der Waals surface area contributed by atoms with Crippen molar-refractivity contribution < 1.29 is 28.5 Å². The molecule has 144 valence electrons. The van der Waals surface area contributed by atoms with Crippen LogP contribution in [0, 0.1) is 5.92 Å². The van der Waals surface area contributed by atoms with Crippen LogP contribution < -0.4 is 9.47 Å². The Balaban J connectivity index is 2.30. The van der Waals surface area contributed by atoms with E-state index in [-0.39, 0.29) is 12.5 Å². The molecule has 0 spiro atoms. The smallest absolute Gasteiger partial charge is 0.410 e. The van der Waals surface area contributed by atoms with E-state index < -0.39 is 23.6 Å². The average molecular weight is 366 g/mol. The molecule has 0 radical (unpaired) electrons. The average Bonchev–Trinajstić information content (AvgIpc) is 3.04. The maximum atomic E-state index is 12.4. The fraction of sp³-hybridized carbons (Fsp3) is 0.611. The van der Waals surface area contributed by atoms with Crippen molar-refractivity contribution >= 4 is 12.1 Å². The van der Waals surface area contributed by atoms with Crippen LogP contribution in [-0.2, 0) is 14.3 Å². The van der Waals surface area contributed by atoms with Gasteiger partial charge in [0.05, 0.1) is 32.9 Å². The fourth-order valence-electron chi connectivity index (χ4n) is 2.92. The molecule has 0 saturated carbocycles. The number of amides is 1. The normalized spacial score (nSPS) is 19.8. The highest BCUT2D eigenvalue weighted by Crippen LogP contribution is 2.36. The molecular weight excluding hydrogens is 340 g/mol. The molecule has 0 aliphatic carbocycles. The number of hydrogen-bond donors (Lipinski definition) is 0. The molecule has 1 aliphatic rings. The molecule has 1 saturated heterocycles. The van der Waals surface area contributed by atoms with Gasteiger partial charge in [-0.3, -0.25) is 4.79 Å². The first-order valence-corrected chi connectivity index (χ1v) is 8.34. The quantitative estimate of drug-likeness (QED) is 0.755. The minimum atomic E-state index is -0.614. The monoisotopic (exact) mass is 366 g/mol. The lowest BCUT2D eigenvalue weighted by molar-refractivity contribution is -0.145. The molecule has 8 heteroatoms. The zero-order chi connectivity index (χ0) is 19.5. The lowest BCUT2D eigenvalue weighted by Gasteiger charge is -2.24. The van der Waals surface area contributed by atoms with Gasteiger partial charge in [0.25, 0.3) is 5.88 Å². The molecule has 1 aliphatic heterocycles. The molecule has 0 N–H and O–H groups in total. The van der Waals surface area contributed by atoms with Gasteiger partial charge in [0.1, 0.15) is 5.60 Å². The van der Waals surface area contributed by atoms with Gasteiger partial charge in [-0.1, -0.05) is 0 Å². The van der Waals surface area contributed by atoms with Crippen molar-refractivity contribution in [3.63, 3.8) is 0 Å². The van der Waals surface area contributed by atoms with Crippen molar-refractivity contribution in [2.24, 2.45) is 5.92 Å². The number of carbonyl (C=O) groups is 2. The molecule has 1 fully saturated rings. The van der Waals surface area contributed by atoms with Crippen LogP contribution in [0.4, 0.5) is 4.79 Å². The molecular formula is C18H26N2O6. The number of rotatable bonds is 4. The Hall–Kier alpha value is -2.51. The summed E-state index contributed by atoms with van der Waals surface area (Å²) >= 11 is 0. The molecule has 1 aromatic heterocycles. The molecule has 2 heterocycles. The van der Waals surface area contributed by atoms with Gasteiger partial charge in [-0.05, 0) is 32.9 Å². The third-order valence-electron chi connectivity index (χ3n) is 4.12. The zero-order valence-corrected chi connectivity index (χ0v) is 16.1. The van der Waals surface area contributed by atoms with Crippen LogP contribution in [0.3, 0.4) is 0 Å². The summed E-state index contributed by atoms with van der Waals surface area (Å²) in [5.74, 6) is -0.428. The summed E-state index contributed by atoms with van der Waals surface area (Å²) in [6, 6.07) is 3.49. The van der Waals surface area contributed by atoms with Crippen molar-refractivity contribution in [3.8, 4) is 11.6 Å². The largest absolute Gasteiger partial charge is 0.491 e. The van der Waals surface area contributed by atoms with Crippen LogP contribution in [0.2, 0.25) is 0 Å². The minimum absolute atomic E-state index is 0.211. The van der Waals surface area contributed by atoms with E-state index in [9.17, 15) is 9.59 Å². The van der Waals surface area contributed by atoms with Crippen LogP contribution in [0.15, 0.2) is 12.1 Å². The Morgan fingerprint density at radius 3 is 2.35 bits per heavy atom. The van der Waals surface area contributed by atoms with E-state index in [0.29, 0.717) is 23.9 Å². The van der Waals surface area contributed by atoms with Gasteiger partial charge in [-0.15, -0.1) is 0 Å². The third-order valence-corrected chi connectivity index (χ3v) is 4.12. The fourth-order valence-corrected chi connectivity index (χ4v) is 2.92. The first-order valence-electron chi connectivity index (χ1n) is 8.34. The molecule has 26 heavy (non-hydrogen) atoms. The van der Waals surface area contributed by atoms with Crippen molar-refractivity contribution in [2.45, 2.75) is 32.3 Å². The summed E-state index contributed by atoms with van der Waals surface area (Å²) in [5, 5.41) is 0. The Bertz CT molecular complexity index is 670. The minimum Gasteiger partial charge on any atom is -0.491 e. The van der Waals surface area contributed by atoms with E-state index in [1.165, 1.54) is 26.2 Å². The standard InChI is InChI=1S/C18H26N2O6/c1-18(2,3)26-17(22)20-9-11(12(10-20)16(21)25-6)13-7-8-14(23-4)15(19-13)24-5/h7-8,11-12H,9-10H2,1-6H3/t11-,12-/m1/s1. The Morgan fingerprint density at radius 1 is 1.12 bits per heavy atom. The van der Waals surface area contributed by atoms with E-state index in [4.69, 9.17) is 18.9 Å². The molecule has 2 rings (SSSR count). The second-order valence-corrected chi connectivity index (χ2v) is 7.07. The van der Waals surface area contributed by atoms with Gasteiger partial charge in [-0.2, -0.15) is 0 Å². The van der Waals surface area contributed by atoms with Crippen molar-refractivity contribution in [2.75, 3.05) is 34.4 Å². The number of likely N-dealkylation sites (tertiary alicyclic amines) is 1. The zero-order valence-electron chi connectivity index (χ0n) is 16.1. The van der Waals surface area contributed by atoms with E-state index in [0.717, 1.165) is 0 Å². The van der Waals surface area contributed by atoms with Gasteiger partial charge in [0.2, 0.25) is 0 Å². The molecule has 1 aromatic rings. The van der Waals surface area contributed by atoms with Crippen LogP contribution >= 0.6 is 0 Å². The predicted octanol–water partition coefficient (Wildman–Crippen LogP) is 2.22. The summed E-state index contributed by atoms with van der Waals surface area (Å²) in [5.41, 5.74) is 0.0152. The molecule has 1 amide bonds. The summed E-state index contributed by atoms with van der Waals surface area (Å²) < 4.78 is 20.8. The number of esters is 1. The van der Waals surface area contributed by atoms with E-state index in [1.807, 2.05) is 0 Å². The number of carbonyl (C=O) groups excluding carboxylic acids is 2. The highest BCUT2D eigenvalue weighted by molar-refractivity contribution is 5.77. The first-order chi connectivity index (χ1) is 12.2. The molecule has 0 unspecified atom stereocenters. The van der Waals surface area contributed by atoms with E-state index >= 15 is 0 Å².